The van der Waals surface area contributed by atoms with E-state index in [2.05, 4.69) is 34.8 Å². The van der Waals surface area contributed by atoms with Gasteiger partial charge in [0.25, 0.3) is 5.91 Å². The van der Waals surface area contributed by atoms with E-state index < -0.39 is 0 Å². The molecule has 3 heterocycles. The molecule has 5 rings (SSSR count). The van der Waals surface area contributed by atoms with E-state index in [0.29, 0.717) is 29.2 Å². The van der Waals surface area contributed by atoms with Crippen molar-refractivity contribution in [1.82, 2.24) is 30.2 Å². The van der Waals surface area contributed by atoms with Crippen LogP contribution in [0.4, 0.5) is 0 Å². The predicted octanol–water partition coefficient (Wildman–Crippen LogP) is 2.23. The SMILES string of the molecule is O=C(NCc1ccc2nonc2c1)c1cnc2c(c1)ncn2C1CC1. The average molecular weight is 334 g/mol. The van der Waals surface area contributed by atoms with Crippen LogP contribution in [0.3, 0.4) is 0 Å². The lowest BCUT2D eigenvalue weighted by molar-refractivity contribution is 0.0950. The molecule has 8 heteroatoms. The van der Waals surface area contributed by atoms with Crippen LogP contribution in [-0.2, 0) is 6.54 Å². The van der Waals surface area contributed by atoms with Gasteiger partial charge in [-0.05, 0) is 46.9 Å². The highest BCUT2D eigenvalue weighted by Crippen LogP contribution is 2.36. The molecular formula is C17H14N6O2. The molecule has 1 fully saturated rings. The number of amides is 1. The number of carbonyl (C=O) groups excluding carboxylic acids is 1. The van der Waals surface area contributed by atoms with Crippen LogP contribution in [0.2, 0.25) is 0 Å². The summed E-state index contributed by atoms with van der Waals surface area (Å²) in [5.74, 6) is -0.186. The van der Waals surface area contributed by atoms with E-state index in [1.165, 1.54) is 12.8 Å². The van der Waals surface area contributed by atoms with Gasteiger partial charge in [-0.15, -0.1) is 0 Å². The van der Waals surface area contributed by atoms with E-state index in [0.717, 1.165) is 16.7 Å². The van der Waals surface area contributed by atoms with Crippen molar-refractivity contribution < 1.29 is 9.42 Å². The number of benzene rings is 1. The van der Waals surface area contributed by atoms with Gasteiger partial charge in [-0.3, -0.25) is 4.79 Å². The molecule has 1 saturated carbocycles. The maximum Gasteiger partial charge on any atom is 0.253 e. The minimum Gasteiger partial charge on any atom is -0.348 e. The van der Waals surface area contributed by atoms with Crippen molar-refractivity contribution in [2.45, 2.75) is 25.4 Å². The van der Waals surface area contributed by atoms with E-state index in [1.54, 1.807) is 18.6 Å². The van der Waals surface area contributed by atoms with Crippen LogP contribution in [0.5, 0.6) is 0 Å². The normalized spacial score (nSPS) is 14.2. The Labute approximate surface area is 141 Å². The molecular weight excluding hydrogens is 320 g/mol. The molecule has 124 valence electrons. The Hall–Kier alpha value is -3.29. The van der Waals surface area contributed by atoms with Crippen LogP contribution in [-0.4, -0.2) is 30.8 Å². The highest BCUT2D eigenvalue weighted by molar-refractivity contribution is 5.96. The standard InChI is InChI=1S/C17H14N6O2/c24-17(19-7-10-1-4-13-14(5-10)22-25-21-13)11-6-15-16(18-8-11)23(9-20-15)12-2-3-12/h1,4-6,8-9,12H,2-3,7H2,(H,19,24). The van der Waals surface area contributed by atoms with E-state index in [1.807, 2.05) is 18.2 Å². The number of aromatic nitrogens is 5. The lowest BCUT2D eigenvalue weighted by atomic mass is 10.2. The summed E-state index contributed by atoms with van der Waals surface area (Å²) in [7, 11) is 0. The van der Waals surface area contributed by atoms with E-state index in [4.69, 9.17) is 0 Å². The van der Waals surface area contributed by atoms with Crippen LogP contribution in [0.25, 0.3) is 22.2 Å². The van der Waals surface area contributed by atoms with E-state index in [9.17, 15) is 4.79 Å². The van der Waals surface area contributed by atoms with Crippen molar-refractivity contribution in [3.63, 3.8) is 0 Å². The quantitative estimate of drug-likeness (QED) is 0.614. The molecule has 0 unspecified atom stereocenters. The summed E-state index contributed by atoms with van der Waals surface area (Å²) in [6.07, 6.45) is 5.74. The zero-order valence-electron chi connectivity index (χ0n) is 13.2. The first-order valence-electron chi connectivity index (χ1n) is 8.10. The first-order chi connectivity index (χ1) is 12.3. The fourth-order valence-corrected chi connectivity index (χ4v) is 2.89. The zero-order chi connectivity index (χ0) is 16.8. The molecule has 1 aromatic carbocycles. The number of hydrogen-bond donors (Lipinski definition) is 1. The van der Waals surface area contributed by atoms with Crippen molar-refractivity contribution in [3.05, 3.63) is 47.9 Å². The Morgan fingerprint density at radius 2 is 2.04 bits per heavy atom. The highest BCUT2D eigenvalue weighted by atomic mass is 16.6. The third-order valence-corrected chi connectivity index (χ3v) is 4.39. The van der Waals surface area contributed by atoms with Gasteiger partial charge in [-0.2, -0.15) is 0 Å². The van der Waals surface area contributed by atoms with Gasteiger partial charge in [0.1, 0.15) is 16.6 Å². The second-order valence-corrected chi connectivity index (χ2v) is 6.22. The number of fused-ring (bicyclic) bond motifs is 2. The number of nitrogens with one attached hydrogen (secondary N) is 1. The predicted molar refractivity (Wildman–Crippen MR) is 88.8 cm³/mol. The van der Waals surface area contributed by atoms with Gasteiger partial charge in [-0.1, -0.05) is 6.07 Å². The van der Waals surface area contributed by atoms with Crippen molar-refractivity contribution in [2.75, 3.05) is 0 Å². The van der Waals surface area contributed by atoms with Gasteiger partial charge in [-0.25, -0.2) is 14.6 Å². The number of hydrogen-bond acceptors (Lipinski definition) is 6. The molecule has 3 aromatic heterocycles. The molecule has 1 amide bonds. The molecule has 8 nitrogen and oxygen atoms in total. The van der Waals surface area contributed by atoms with Crippen LogP contribution in [0, 0.1) is 0 Å². The Kier molecular flexibility index (Phi) is 3.03. The van der Waals surface area contributed by atoms with Crippen LogP contribution >= 0.6 is 0 Å². The Morgan fingerprint density at radius 1 is 1.16 bits per heavy atom. The molecule has 1 aliphatic carbocycles. The minimum absolute atomic E-state index is 0.186. The summed E-state index contributed by atoms with van der Waals surface area (Å²) < 4.78 is 6.76. The summed E-state index contributed by atoms with van der Waals surface area (Å²) in [5.41, 5.74) is 4.36. The summed E-state index contributed by atoms with van der Waals surface area (Å²) in [5, 5.41) is 10.4. The van der Waals surface area contributed by atoms with Gasteiger partial charge < -0.3 is 9.88 Å². The maximum atomic E-state index is 12.4. The first-order valence-corrected chi connectivity index (χ1v) is 8.10. The smallest absolute Gasteiger partial charge is 0.253 e. The molecule has 1 N–H and O–H groups in total. The van der Waals surface area contributed by atoms with Gasteiger partial charge in [0.05, 0.1) is 11.9 Å². The lowest BCUT2D eigenvalue weighted by Gasteiger charge is -2.05. The van der Waals surface area contributed by atoms with Gasteiger partial charge in [0.2, 0.25) is 0 Å². The van der Waals surface area contributed by atoms with E-state index >= 15 is 0 Å². The van der Waals surface area contributed by atoms with Crippen molar-refractivity contribution in [2.24, 2.45) is 0 Å². The third-order valence-electron chi connectivity index (χ3n) is 4.39. The fourth-order valence-electron chi connectivity index (χ4n) is 2.89. The second kappa shape index (κ2) is 5.37. The van der Waals surface area contributed by atoms with Crippen molar-refractivity contribution in [3.8, 4) is 0 Å². The van der Waals surface area contributed by atoms with Crippen molar-refractivity contribution in [1.29, 1.82) is 0 Å². The van der Waals surface area contributed by atoms with Gasteiger partial charge in [0, 0.05) is 18.8 Å². The molecule has 4 aromatic rings. The fraction of sp³-hybridized carbons (Fsp3) is 0.235. The molecule has 0 atom stereocenters. The molecule has 0 spiro atoms. The molecule has 0 bridgehead atoms. The number of carbonyl (C=O) groups is 1. The van der Waals surface area contributed by atoms with Crippen LogP contribution < -0.4 is 5.32 Å². The monoisotopic (exact) mass is 334 g/mol. The van der Waals surface area contributed by atoms with Crippen LogP contribution in [0.1, 0.15) is 34.8 Å². The number of pyridine rings is 1. The van der Waals surface area contributed by atoms with Crippen LogP contribution in [0.15, 0.2) is 41.4 Å². The first kappa shape index (κ1) is 14.1. The molecule has 25 heavy (non-hydrogen) atoms. The summed E-state index contributed by atoms with van der Waals surface area (Å²) in [6.45, 7) is 0.385. The molecule has 0 radical (unpaired) electrons. The van der Waals surface area contributed by atoms with E-state index in [-0.39, 0.29) is 5.91 Å². The number of imidazole rings is 1. The Balaban J connectivity index is 1.34. The second-order valence-electron chi connectivity index (χ2n) is 6.22. The minimum atomic E-state index is -0.186. The molecule has 0 aliphatic heterocycles. The Morgan fingerprint density at radius 3 is 2.92 bits per heavy atom. The largest absolute Gasteiger partial charge is 0.348 e. The number of rotatable bonds is 4. The zero-order valence-corrected chi connectivity index (χ0v) is 13.2. The summed E-state index contributed by atoms with van der Waals surface area (Å²) in [4.78, 5) is 21.2. The summed E-state index contributed by atoms with van der Waals surface area (Å²) in [6, 6.07) is 7.82. The summed E-state index contributed by atoms with van der Waals surface area (Å²) >= 11 is 0. The van der Waals surface area contributed by atoms with Gasteiger partial charge >= 0.3 is 0 Å². The molecule has 1 aliphatic rings. The third kappa shape index (κ3) is 2.51. The average Bonchev–Trinajstić information content (AvgIpc) is 3.22. The topological polar surface area (TPSA) is 98.7 Å². The van der Waals surface area contributed by atoms with Gasteiger partial charge in [0.15, 0.2) is 5.65 Å². The maximum absolute atomic E-state index is 12.4. The lowest BCUT2D eigenvalue weighted by Crippen LogP contribution is -2.22. The van der Waals surface area contributed by atoms with Crippen molar-refractivity contribution >= 4 is 28.1 Å². The highest BCUT2D eigenvalue weighted by Gasteiger charge is 2.25. The molecule has 0 saturated heterocycles. The number of nitrogens with zero attached hydrogens (tertiary/aromatic N) is 5. The Bertz CT molecular complexity index is 1090.